The predicted molar refractivity (Wildman–Crippen MR) is 67.7 cm³/mol. The first-order valence-electron chi connectivity index (χ1n) is 6.26. The lowest BCUT2D eigenvalue weighted by Gasteiger charge is -2.38. The van der Waals surface area contributed by atoms with E-state index in [9.17, 15) is 9.18 Å². The van der Waals surface area contributed by atoms with Gasteiger partial charge in [0, 0.05) is 13.1 Å². The lowest BCUT2D eigenvalue weighted by atomic mass is 9.91. The van der Waals surface area contributed by atoms with Gasteiger partial charge in [-0.3, -0.25) is 4.79 Å². The summed E-state index contributed by atoms with van der Waals surface area (Å²) < 4.78 is 13.4. The molecule has 2 heterocycles. The maximum absolute atomic E-state index is 13.4. The number of nitrogens with one attached hydrogen (secondary N) is 1. The predicted octanol–water partition coefficient (Wildman–Crippen LogP) is 1.12. The molecule has 0 aromatic heterocycles. The quantitative estimate of drug-likeness (QED) is 0.733. The standard InChI is InChI=1S/C13H16FN3O/c14-8-3-4-10(15)11(6-8)17-5-1-2-9-12(17)7-16-13(9)18/h3-4,6,9,12H,1-2,5,7,15H2,(H,16,18). The van der Waals surface area contributed by atoms with Crippen LogP contribution in [0, 0.1) is 11.7 Å². The van der Waals surface area contributed by atoms with Gasteiger partial charge < -0.3 is 16.0 Å². The number of benzene rings is 1. The number of amides is 1. The maximum atomic E-state index is 13.4. The minimum Gasteiger partial charge on any atom is -0.397 e. The van der Waals surface area contributed by atoms with Gasteiger partial charge in [-0.1, -0.05) is 0 Å². The number of carbonyl (C=O) groups excluding carboxylic acids is 1. The average molecular weight is 249 g/mol. The van der Waals surface area contributed by atoms with Crippen molar-refractivity contribution in [2.45, 2.75) is 18.9 Å². The van der Waals surface area contributed by atoms with Gasteiger partial charge in [0.05, 0.1) is 23.3 Å². The summed E-state index contributed by atoms with van der Waals surface area (Å²) in [5, 5.41) is 2.88. The van der Waals surface area contributed by atoms with Crippen LogP contribution in [0.25, 0.3) is 0 Å². The largest absolute Gasteiger partial charge is 0.397 e. The SMILES string of the molecule is Nc1ccc(F)cc1N1CCCC2C(=O)NCC21. The fourth-order valence-electron chi connectivity index (χ4n) is 3.02. The Kier molecular flexibility index (Phi) is 2.61. The van der Waals surface area contributed by atoms with E-state index in [1.54, 1.807) is 6.07 Å². The van der Waals surface area contributed by atoms with Gasteiger partial charge in [0.1, 0.15) is 5.82 Å². The normalized spacial score (nSPS) is 26.9. The molecule has 4 nitrogen and oxygen atoms in total. The molecule has 0 radical (unpaired) electrons. The molecule has 5 heteroatoms. The molecular weight excluding hydrogens is 233 g/mol. The van der Waals surface area contributed by atoms with E-state index in [0.717, 1.165) is 19.4 Å². The lowest BCUT2D eigenvalue weighted by molar-refractivity contribution is -0.122. The third kappa shape index (κ3) is 1.70. The number of carbonyl (C=O) groups is 1. The molecule has 2 atom stereocenters. The van der Waals surface area contributed by atoms with E-state index in [1.807, 2.05) is 0 Å². The third-order valence-corrected chi connectivity index (χ3v) is 3.90. The second-order valence-electron chi connectivity index (χ2n) is 4.96. The molecule has 96 valence electrons. The number of fused-ring (bicyclic) bond motifs is 1. The van der Waals surface area contributed by atoms with Crippen molar-refractivity contribution in [3.05, 3.63) is 24.0 Å². The topological polar surface area (TPSA) is 58.4 Å². The minimum absolute atomic E-state index is 0.0152. The van der Waals surface area contributed by atoms with Gasteiger partial charge in [-0.15, -0.1) is 0 Å². The maximum Gasteiger partial charge on any atom is 0.225 e. The zero-order valence-electron chi connectivity index (χ0n) is 10.0. The van der Waals surface area contributed by atoms with Crippen molar-refractivity contribution < 1.29 is 9.18 Å². The van der Waals surface area contributed by atoms with Gasteiger partial charge in [0.25, 0.3) is 0 Å². The number of hydrogen-bond donors (Lipinski definition) is 2. The molecule has 1 aromatic rings. The summed E-state index contributed by atoms with van der Waals surface area (Å²) in [5.41, 5.74) is 7.20. The Labute approximate surface area is 105 Å². The third-order valence-electron chi connectivity index (χ3n) is 3.90. The molecule has 3 rings (SSSR count). The molecule has 1 amide bonds. The Morgan fingerprint density at radius 1 is 1.44 bits per heavy atom. The molecule has 2 aliphatic heterocycles. The van der Waals surface area contributed by atoms with Crippen LogP contribution in [0.3, 0.4) is 0 Å². The zero-order chi connectivity index (χ0) is 12.7. The summed E-state index contributed by atoms with van der Waals surface area (Å²) in [6.45, 7) is 1.45. The molecule has 2 aliphatic rings. The van der Waals surface area contributed by atoms with Crippen LogP contribution in [0.1, 0.15) is 12.8 Å². The van der Waals surface area contributed by atoms with Gasteiger partial charge >= 0.3 is 0 Å². The Hall–Kier alpha value is -1.78. The Bertz CT molecular complexity index is 491. The highest BCUT2D eigenvalue weighted by molar-refractivity contribution is 5.83. The Morgan fingerprint density at radius 3 is 3.11 bits per heavy atom. The highest BCUT2D eigenvalue weighted by Crippen LogP contribution is 2.34. The highest BCUT2D eigenvalue weighted by atomic mass is 19.1. The van der Waals surface area contributed by atoms with Gasteiger partial charge in [-0.25, -0.2) is 4.39 Å². The van der Waals surface area contributed by atoms with E-state index in [1.165, 1.54) is 12.1 Å². The van der Waals surface area contributed by atoms with Crippen molar-refractivity contribution in [1.29, 1.82) is 0 Å². The van der Waals surface area contributed by atoms with Crippen molar-refractivity contribution in [2.75, 3.05) is 23.7 Å². The van der Waals surface area contributed by atoms with Gasteiger partial charge in [0.15, 0.2) is 0 Å². The molecule has 0 aliphatic carbocycles. The van der Waals surface area contributed by atoms with Crippen LogP contribution in [0.4, 0.5) is 15.8 Å². The van der Waals surface area contributed by atoms with Crippen molar-refractivity contribution in [2.24, 2.45) is 5.92 Å². The number of nitrogens with two attached hydrogens (primary N) is 1. The molecule has 3 N–H and O–H groups in total. The van der Waals surface area contributed by atoms with Gasteiger partial charge in [-0.05, 0) is 31.0 Å². The summed E-state index contributed by atoms with van der Waals surface area (Å²) in [6.07, 6.45) is 1.84. The summed E-state index contributed by atoms with van der Waals surface area (Å²) in [6, 6.07) is 4.51. The number of nitrogen functional groups attached to an aromatic ring is 1. The fourth-order valence-corrected chi connectivity index (χ4v) is 3.02. The van der Waals surface area contributed by atoms with Gasteiger partial charge in [0.2, 0.25) is 5.91 Å². The summed E-state index contributed by atoms with van der Waals surface area (Å²) in [5.74, 6) is -0.167. The number of nitrogens with zero attached hydrogens (tertiary/aromatic N) is 1. The van der Waals surface area contributed by atoms with Crippen molar-refractivity contribution >= 4 is 17.3 Å². The van der Waals surface area contributed by atoms with Crippen LogP contribution in [-0.4, -0.2) is 25.0 Å². The van der Waals surface area contributed by atoms with Crippen LogP contribution in [-0.2, 0) is 4.79 Å². The van der Waals surface area contributed by atoms with Crippen LogP contribution >= 0.6 is 0 Å². The monoisotopic (exact) mass is 249 g/mol. The lowest BCUT2D eigenvalue weighted by Crippen LogP contribution is -2.46. The number of anilines is 2. The van der Waals surface area contributed by atoms with Crippen LogP contribution in [0.15, 0.2) is 18.2 Å². The number of rotatable bonds is 1. The second kappa shape index (κ2) is 4.15. The molecule has 0 spiro atoms. The van der Waals surface area contributed by atoms with E-state index >= 15 is 0 Å². The molecule has 2 saturated heterocycles. The van der Waals surface area contributed by atoms with E-state index < -0.39 is 0 Å². The van der Waals surface area contributed by atoms with Crippen LogP contribution in [0.5, 0.6) is 0 Å². The van der Waals surface area contributed by atoms with Gasteiger partial charge in [-0.2, -0.15) is 0 Å². The van der Waals surface area contributed by atoms with E-state index in [0.29, 0.717) is 17.9 Å². The molecule has 0 saturated carbocycles. The molecular formula is C13H16FN3O. The molecule has 1 aromatic carbocycles. The number of halogens is 1. The first-order valence-corrected chi connectivity index (χ1v) is 6.26. The van der Waals surface area contributed by atoms with E-state index in [-0.39, 0.29) is 23.7 Å². The van der Waals surface area contributed by atoms with E-state index in [2.05, 4.69) is 10.2 Å². The van der Waals surface area contributed by atoms with Crippen molar-refractivity contribution in [1.82, 2.24) is 5.32 Å². The van der Waals surface area contributed by atoms with E-state index in [4.69, 9.17) is 5.73 Å². The number of piperidine rings is 1. The van der Waals surface area contributed by atoms with Crippen LogP contribution in [0.2, 0.25) is 0 Å². The minimum atomic E-state index is -0.293. The Balaban J connectivity index is 1.95. The molecule has 0 bridgehead atoms. The Morgan fingerprint density at radius 2 is 2.28 bits per heavy atom. The number of hydrogen-bond acceptors (Lipinski definition) is 3. The second-order valence-corrected chi connectivity index (χ2v) is 4.96. The summed E-state index contributed by atoms with van der Waals surface area (Å²) >= 11 is 0. The fraction of sp³-hybridized carbons (Fsp3) is 0.462. The van der Waals surface area contributed by atoms with Crippen molar-refractivity contribution in [3.63, 3.8) is 0 Å². The first kappa shape index (κ1) is 11.3. The molecule has 2 fully saturated rings. The van der Waals surface area contributed by atoms with Crippen molar-refractivity contribution in [3.8, 4) is 0 Å². The highest BCUT2D eigenvalue weighted by Gasteiger charge is 2.41. The average Bonchev–Trinajstić information content (AvgIpc) is 2.75. The van der Waals surface area contributed by atoms with Crippen LogP contribution < -0.4 is 16.0 Å². The summed E-state index contributed by atoms with van der Waals surface area (Å²) in [7, 11) is 0. The molecule has 2 unspecified atom stereocenters. The zero-order valence-corrected chi connectivity index (χ0v) is 10.0. The smallest absolute Gasteiger partial charge is 0.225 e. The first-order chi connectivity index (χ1) is 8.66. The summed E-state index contributed by atoms with van der Waals surface area (Å²) in [4.78, 5) is 13.8. The molecule has 18 heavy (non-hydrogen) atoms.